The molecule has 5 nitrogen and oxygen atoms in total. The first-order chi connectivity index (χ1) is 11.6. The van der Waals surface area contributed by atoms with Crippen molar-refractivity contribution in [3.8, 4) is 11.5 Å². The average Bonchev–Trinajstić information content (AvgIpc) is 3.07. The molecule has 3 unspecified atom stereocenters. The van der Waals surface area contributed by atoms with Crippen LogP contribution in [-0.4, -0.2) is 50.3 Å². The third-order valence-corrected chi connectivity index (χ3v) is 5.33. The van der Waals surface area contributed by atoms with E-state index in [1.54, 1.807) is 7.11 Å². The van der Waals surface area contributed by atoms with Crippen molar-refractivity contribution in [2.75, 3.05) is 27.0 Å². The van der Waals surface area contributed by atoms with Crippen LogP contribution in [-0.2, 0) is 0 Å². The molecule has 1 aliphatic rings. The number of ether oxygens (including phenoxy) is 2. The standard InChI is InChI=1S/C18H29N3O2S/c1-13(23-16-8-6-15(22-3)7-9-16)12-20-18(19-2)21-14-5-10-17(11-14)24-4/h6-9,13-14,17H,5,10-12H2,1-4H3,(H2,19,20,21). The lowest BCUT2D eigenvalue weighted by Gasteiger charge is -2.20. The lowest BCUT2D eigenvalue weighted by molar-refractivity contribution is 0.223. The largest absolute Gasteiger partial charge is 0.497 e. The van der Waals surface area contributed by atoms with Crippen LogP contribution in [0.25, 0.3) is 0 Å². The SMILES string of the molecule is CN=C(NCC(C)Oc1ccc(OC)cc1)NC1CCC(SC)C1. The minimum atomic E-state index is 0.0412. The molecule has 0 aromatic heterocycles. The molecular formula is C18H29N3O2S. The summed E-state index contributed by atoms with van der Waals surface area (Å²) in [5.41, 5.74) is 0. The molecule has 2 rings (SSSR count). The second-order valence-corrected chi connectivity index (χ2v) is 7.21. The van der Waals surface area contributed by atoms with E-state index >= 15 is 0 Å². The number of nitrogens with one attached hydrogen (secondary N) is 2. The van der Waals surface area contributed by atoms with Gasteiger partial charge >= 0.3 is 0 Å². The van der Waals surface area contributed by atoms with Crippen LogP contribution >= 0.6 is 11.8 Å². The van der Waals surface area contributed by atoms with Gasteiger partial charge in [0.15, 0.2) is 5.96 Å². The van der Waals surface area contributed by atoms with Gasteiger partial charge in [-0.25, -0.2) is 0 Å². The maximum atomic E-state index is 5.91. The number of aliphatic imine (C=N–C) groups is 1. The van der Waals surface area contributed by atoms with E-state index in [1.165, 1.54) is 19.3 Å². The molecule has 0 aliphatic heterocycles. The van der Waals surface area contributed by atoms with Crippen molar-refractivity contribution in [1.29, 1.82) is 0 Å². The molecule has 2 N–H and O–H groups in total. The zero-order valence-electron chi connectivity index (χ0n) is 15.0. The molecule has 1 saturated carbocycles. The maximum Gasteiger partial charge on any atom is 0.191 e. The molecule has 1 fully saturated rings. The Balaban J connectivity index is 1.73. The molecule has 1 aliphatic carbocycles. The fourth-order valence-electron chi connectivity index (χ4n) is 2.84. The van der Waals surface area contributed by atoms with E-state index in [1.807, 2.05) is 50.0 Å². The molecule has 3 atom stereocenters. The fraction of sp³-hybridized carbons (Fsp3) is 0.611. The van der Waals surface area contributed by atoms with Gasteiger partial charge in [-0.3, -0.25) is 4.99 Å². The van der Waals surface area contributed by atoms with Crippen molar-refractivity contribution < 1.29 is 9.47 Å². The Morgan fingerprint density at radius 2 is 2.00 bits per heavy atom. The Kier molecular flexibility index (Phi) is 7.56. The van der Waals surface area contributed by atoms with Gasteiger partial charge in [0.2, 0.25) is 0 Å². The van der Waals surface area contributed by atoms with Gasteiger partial charge in [-0.05, 0) is 56.7 Å². The normalized spacial score (nSPS) is 22.1. The number of benzene rings is 1. The maximum absolute atomic E-state index is 5.91. The van der Waals surface area contributed by atoms with Crippen LogP contribution in [0.15, 0.2) is 29.3 Å². The van der Waals surface area contributed by atoms with Crippen molar-refractivity contribution in [3.63, 3.8) is 0 Å². The third kappa shape index (κ3) is 5.82. The zero-order valence-corrected chi connectivity index (χ0v) is 15.9. The number of hydrogen-bond acceptors (Lipinski definition) is 4. The van der Waals surface area contributed by atoms with Gasteiger partial charge in [0.05, 0.1) is 13.7 Å². The predicted molar refractivity (Wildman–Crippen MR) is 103 cm³/mol. The van der Waals surface area contributed by atoms with Crippen LogP contribution in [0, 0.1) is 0 Å². The first-order valence-electron chi connectivity index (χ1n) is 8.45. The average molecular weight is 352 g/mol. The van der Waals surface area contributed by atoms with Crippen LogP contribution in [0.5, 0.6) is 11.5 Å². The van der Waals surface area contributed by atoms with Crippen molar-refractivity contribution in [2.45, 2.75) is 43.6 Å². The minimum Gasteiger partial charge on any atom is -0.497 e. The van der Waals surface area contributed by atoms with Gasteiger partial charge in [0.25, 0.3) is 0 Å². The summed E-state index contributed by atoms with van der Waals surface area (Å²) in [5.74, 6) is 2.52. The van der Waals surface area contributed by atoms with Crippen LogP contribution in [0.4, 0.5) is 0 Å². The van der Waals surface area contributed by atoms with E-state index in [2.05, 4.69) is 21.9 Å². The lowest BCUT2D eigenvalue weighted by Crippen LogP contribution is -2.45. The molecule has 1 aromatic carbocycles. The van der Waals surface area contributed by atoms with Gasteiger partial charge in [0.1, 0.15) is 17.6 Å². The summed E-state index contributed by atoms with van der Waals surface area (Å²) in [6.45, 7) is 2.74. The molecule has 0 heterocycles. The minimum absolute atomic E-state index is 0.0412. The summed E-state index contributed by atoms with van der Waals surface area (Å²) in [6, 6.07) is 8.16. The first-order valence-corrected chi connectivity index (χ1v) is 9.74. The van der Waals surface area contributed by atoms with Gasteiger partial charge in [-0.1, -0.05) is 0 Å². The smallest absolute Gasteiger partial charge is 0.191 e. The zero-order chi connectivity index (χ0) is 17.4. The van der Waals surface area contributed by atoms with E-state index in [9.17, 15) is 0 Å². The predicted octanol–water partition coefficient (Wildman–Crippen LogP) is 2.91. The fourth-order valence-corrected chi connectivity index (χ4v) is 3.64. The van der Waals surface area contributed by atoms with Gasteiger partial charge in [-0.15, -0.1) is 0 Å². The summed E-state index contributed by atoms with van der Waals surface area (Å²) in [4.78, 5) is 4.32. The monoisotopic (exact) mass is 351 g/mol. The Labute approximate surface area is 149 Å². The summed E-state index contributed by atoms with van der Waals surface area (Å²) in [6.07, 6.45) is 5.94. The molecule has 6 heteroatoms. The molecular weight excluding hydrogens is 322 g/mol. The summed E-state index contributed by atoms with van der Waals surface area (Å²) in [7, 11) is 3.47. The Bertz CT molecular complexity index is 522. The summed E-state index contributed by atoms with van der Waals surface area (Å²) >= 11 is 1.96. The molecule has 0 bridgehead atoms. The van der Waals surface area contributed by atoms with Gasteiger partial charge < -0.3 is 20.1 Å². The van der Waals surface area contributed by atoms with E-state index in [0.717, 1.165) is 22.7 Å². The number of rotatable bonds is 7. The van der Waals surface area contributed by atoms with Crippen LogP contribution in [0.1, 0.15) is 26.2 Å². The highest BCUT2D eigenvalue weighted by Crippen LogP contribution is 2.28. The Hall–Kier alpha value is -1.56. The summed E-state index contributed by atoms with van der Waals surface area (Å²) < 4.78 is 11.1. The number of guanidine groups is 1. The summed E-state index contributed by atoms with van der Waals surface area (Å²) in [5, 5.41) is 7.65. The van der Waals surface area contributed by atoms with Crippen molar-refractivity contribution >= 4 is 17.7 Å². The van der Waals surface area contributed by atoms with E-state index in [4.69, 9.17) is 9.47 Å². The van der Waals surface area contributed by atoms with E-state index in [0.29, 0.717) is 12.6 Å². The third-order valence-electron chi connectivity index (χ3n) is 4.24. The van der Waals surface area contributed by atoms with Gasteiger partial charge in [0, 0.05) is 18.3 Å². The Morgan fingerprint density at radius 3 is 2.58 bits per heavy atom. The van der Waals surface area contributed by atoms with Crippen molar-refractivity contribution in [3.05, 3.63) is 24.3 Å². The lowest BCUT2D eigenvalue weighted by atomic mass is 10.2. The van der Waals surface area contributed by atoms with Gasteiger partial charge in [-0.2, -0.15) is 11.8 Å². The molecule has 134 valence electrons. The Morgan fingerprint density at radius 1 is 1.29 bits per heavy atom. The van der Waals surface area contributed by atoms with E-state index < -0.39 is 0 Å². The number of nitrogens with zero attached hydrogens (tertiary/aromatic N) is 1. The topological polar surface area (TPSA) is 54.9 Å². The molecule has 0 saturated heterocycles. The first kappa shape index (κ1) is 18.8. The molecule has 0 radical (unpaired) electrons. The number of thioether (sulfide) groups is 1. The number of methoxy groups -OCH3 is 1. The number of hydrogen-bond donors (Lipinski definition) is 2. The second kappa shape index (κ2) is 9.67. The van der Waals surface area contributed by atoms with Crippen LogP contribution < -0.4 is 20.1 Å². The van der Waals surface area contributed by atoms with Crippen molar-refractivity contribution in [1.82, 2.24) is 10.6 Å². The quantitative estimate of drug-likeness (QED) is 0.584. The molecule has 0 amide bonds. The highest BCUT2D eigenvalue weighted by molar-refractivity contribution is 7.99. The van der Waals surface area contributed by atoms with E-state index in [-0.39, 0.29) is 6.10 Å². The van der Waals surface area contributed by atoms with Crippen LogP contribution in [0.2, 0.25) is 0 Å². The second-order valence-electron chi connectivity index (χ2n) is 6.07. The highest BCUT2D eigenvalue weighted by Gasteiger charge is 2.24. The van der Waals surface area contributed by atoms with Crippen LogP contribution in [0.3, 0.4) is 0 Å². The highest BCUT2D eigenvalue weighted by atomic mass is 32.2. The molecule has 0 spiro atoms. The van der Waals surface area contributed by atoms with Crippen molar-refractivity contribution in [2.24, 2.45) is 4.99 Å². The molecule has 24 heavy (non-hydrogen) atoms. The molecule has 1 aromatic rings.